The maximum Gasteiger partial charge on any atom is 0.291 e. The fourth-order valence-corrected chi connectivity index (χ4v) is 6.50. The number of carbonyl (C=O) groups is 4. The van der Waals surface area contributed by atoms with Gasteiger partial charge in [0.05, 0.1) is 13.1 Å². The van der Waals surface area contributed by atoms with Crippen molar-refractivity contribution in [2.75, 3.05) is 10.6 Å². The van der Waals surface area contributed by atoms with E-state index in [2.05, 4.69) is 10.6 Å². The Morgan fingerprint density at radius 1 is 0.600 bits per heavy atom. The number of hydrogen-bond donors (Lipinski definition) is 2. The number of anilines is 2. The fourth-order valence-electron chi connectivity index (χ4n) is 4.71. The topological polar surface area (TPSA) is 98.8 Å². The summed E-state index contributed by atoms with van der Waals surface area (Å²) in [5, 5.41) is 4.42. The van der Waals surface area contributed by atoms with E-state index in [1.165, 1.54) is 9.80 Å². The van der Waals surface area contributed by atoms with Crippen LogP contribution in [0.3, 0.4) is 0 Å². The number of carbonyl (C=O) groups excluding carboxylic acids is 4. The summed E-state index contributed by atoms with van der Waals surface area (Å²) in [6.07, 6.45) is 0. The number of thioether (sulfide) groups is 2. The number of imide groups is 2. The van der Waals surface area contributed by atoms with Gasteiger partial charge in [0.25, 0.3) is 22.3 Å². The van der Waals surface area contributed by atoms with E-state index in [0.717, 1.165) is 68.3 Å². The molecule has 2 saturated heterocycles. The van der Waals surface area contributed by atoms with E-state index < -0.39 is 10.7 Å². The first-order chi connectivity index (χ1) is 19.1. The van der Waals surface area contributed by atoms with Crippen molar-refractivity contribution in [3.63, 3.8) is 0 Å². The molecule has 40 heavy (non-hydrogen) atoms. The van der Waals surface area contributed by atoms with Gasteiger partial charge in [-0.3, -0.25) is 29.0 Å². The third-order valence-corrected chi connectivity index (χ3v) is 8.85. The van der Waals surface area contributed by atoms with Crippen LogP contribution in [0.1, 0.15) is 33.4 Å². The van der Waals surface area contributed by atoms with Crippen molar-refractivity contribution in [2.24, 2.45) is 0 Å². The van der Waals surface area contributed by atoms with E-state index in [0.29, 0.717) is 0 Å². The molecule has 2 fully saturated rings. The van der Waals surface area contributed by atoms with Gasteiger partial charge >= 0.3 is 0 Å². The Balaban J connectivity index is 1.19. The van der Waals surface area contributed by atoms with Crippen LogP contribution in [0, 0.1) is 27.7 Å². The second-order valence-electron chi connectivity index (χ2n) is 10.1. The van der Waals surface area contributed by atoms with Crippen molar-refractivity contribution >= 4 is 57.2 Å². The van der Waals surface area contributed by atoms with Gasteiger partial charge in [0.2, 0.25) is 0 Å². The normalized spacial score (nSPS) is 19.1. The summed E-state index contributed by atoms with van der Waals surface area (Å²) in [6.45, 7) is 8.23. The molecular formula is C30H30N4O4S2. The van der Waals surface area contributed by atoms with Crippen LogP contribution in [-0.4, -0.2) is 42.8 Å². The van der Waals surface area contributed by atoms with Crippen LogP contribution in [0.2, 0.25) is 0 Å². The van der Waals surface area contributed by atoms with Crippen LogP contribution in [0.15, 0.2) is 60.7 Å². The molecule has 0 bridgehead atoms. The standard InChI is InChI=1S/C30H30N4O4S2/c1-17-5-11-23(19(3)13-17)31-25-27(35)33(29(37)39-25)15-21-7-9-22(10-8-21)16-34-28(36)26(40-30(34)38)32-24-12-6-18(2)14-20(24)4/h5-14,25-26,31-32H,15-16H2,1-4H3/t25-,26+. The molecular weight excluding hydrogens is 544 g/mol. The van der Waals surface area contributed by atoms with Crippen LogP contribution in [-0.2, 0) is 22.7 Å². The monoisotopic (exact) mass is 574 g/mol. The van der Waals surface area contributed by atoms with Crippen molar-refractivity contribution in [2.45, 2.75) is 51.5 Å². The van der Waals surface area contributed by atoms with E-state index in [4.69, 9.17) is 0 Å². The summed E-state index contributed by atoms with van der Waals surface area (Å²) >= 11 is 1.94. The van der Waals surface area contributed by atoms with Gasteiger partial charge in [0, 0.05) is 11.4 Å². The molecule has 0 aromatic heterocycles. The van der Waals surface area contributed by atoms with Crippen LogP contribution < -0.4 is 10.6 Å². The van der Waals surface area contributed by atoms with Gasteiger partial charge in [-0.25, -0.2) is 0 Å². The predicted molar refractivity (Wildman–Crippen MR) is 160 cm³/mol. The van der Waals surface area contributed by atoms with Crippen molar-refractivity contribution in [1.29, 1.82) is 0 Å². The highest BCUT2D eigenvalue weighted by molar-refractivity contribution is 8.15. The van der Waals surface area contributed by atoms with Crippen LogP contribution in [0.5, 0.6) is 0 Å². The molecule has 3 aromatic carbocycles. The highest BCUT2D eigenvalue weighted by atomic mass is 32.2. The Kier molecular flexibility index (Phi) is 7.91. The highest BCUT2D eigenvalue weighted by Gasteiger charge is 2.41. The van der Waals surface area contributed by atoms with Crippen LogP contribution in [0.4, 0.5) is 21.0 Å². The number of nitrogens with zero attached hydrogens (tertiary/aromatic N) is 2. The van der Waals surface area contributed by atoms with Crippen LogP contribution >= 0.6 is 23.5 Å². The summed E-state index contributed by atoms with van der Waals surface area (Å²) in [5.41, 5.74) is 7.48. The van der Waals surface area contributed by atoms with Crippen molar-refractivity contribution < 1.29 is 19.2 Å². The van der Waals surface area contributed by atoms with E-state index in [-0.39, 0.29) is 35.4 Å². The molecule has 2 N–H and O–H groups in total. The molecule has 2 aliphatic rings. The Morgan fingerprint density at radius 2 is 0.975 bits per heavy atom. The first-order valence-corrected chi connectivity index (χ1v) is 14.6. The van der Waals surface area contributed by atoms with Crippen molar-refractivity contribution in [3.8, 4) is 0 Å². The van der Waals surface area contributed by atoms with Gasteiger partial charge in [-0.05, 0) is 85.6 Å². The van der Waals surface area contributed by atoms with Gasteiger partial charge in [-0.2, -0.15) is 0 Å². The molecule has 0 spiro atoms. The summed E-state index contributed by atoms with van der Waals surface area (Å²) < 4.78 is 0. The molecule has 0 aliphatic carbocycles. The molecule has 4 amide bonds. The summed E-state index contributed by atoms with van der Waals surface area (Å²) in [4.78, 5) is 53.8. The second kappa shape index (κ2) is 11.4. The van der Waals surface area contributed by atoms with Gasteiger partial charge in [-0.15, -0.1) is 0 Å². The average Bonchev–Trinajstić information content (AvgIpc) is 3.32. The Bertz CT molecular complexity index is 1400. The zero-order valence-electron chi connectivity index (χ0n) is 22.7. The predicted octanol–water partition coefficient (Wildman–Crippen LogP) is 6.19. The zero-order valence-corrected chi connectivity index (χ0v) is 24.3. The fraction of sp³-hybridized carbons (Fsp3) is 0.267. The Morgan fingerprint density at radius 3 is 1.32 bits per heavy atom. The zero-order chi connectivity index (χ0) is 28.6. The smallest absolute Gasteiger partial charge is 0.291 e. The molecule has 206 valence electrons. The first-order valence-electron chi connectivity index (χ1n) is 12.9. The van der Waals surface area contributed by atoms with Crippen molar-refractivity contribution in [1.82, 2.24) is 9.80 Å². The quantitative estimate of drug-likeness (QED) is 0.329. The molecule has 2 atom stereocenters. The number of amides is 4. The Hall–Kier alpha value is -3.76. The van der Waals surface area contributed by atoms with E-state index in [1.54, 1.807) is 0 Å². The molecule has 0 saturated carbocycles. The number of nitrogens with one attached hydrogen (secondary N) is 2. The summed E-state index contributed by atoms with van der Waals surface area (Å²) in [6, 6.07) is 19.1. The van der Waals surface area contributed by atoms with Gasteiger partial charge in [-0.1, -0.05) is 59.7 Å². The molecule has 8 nitrogen and oxygen atoms in total. The number of rotatable bonds is 8. The van der Waals surface area contributed by atoms with E-state index >= 15 is 0 Å². The van der Waals surface area contributed by atoms with Crippen molar-refractivity contribution in [3.05, 3.63) is 94.0 Å². The van der Waals surface area contributed by atoms with Gasteiger partial charge < -0.3 is 10.6 Å². The minimum Gasteiger partial charge on any atom is -0.365 e. The van der Waals surface area contributed by atoms with E-state index in [1.807, 2.05) is 88.4 Å². The summed E-state index contributed by atoms with van der Waals surface area (Å²) in [5.74, 6) is -0.571. The van der Waals surface area contributed by atoms with Crippen LogP contribution in [0.25, 0.3) is 0 Å². The van der Waals surface area contributed by atoms with Gasteiger partial charge in [0.1, 0.15) is 0 Å². The molecule has 0 radical (unpaired) electrons. The minimum absolute atomic E-state index is 0.148. The minimum atomic E-state index is -0.678. The first kappa shape index (κ1) is 27.8. The maximum atomic E-state index is 13.0. The lowest BCUT2D eigenvalue weighted by Gasteiger charge is -2.17. The lowest BCUT2D eigenvalue weighted by molar-refractivity contribution is -0.127. The third kappa shape index (κ3) is 5.88. The molecule has 2 heterocycles. The second-order valence-corrected chi connectivity index (χ2v) is 12.2. The van der Waals surface area contributed by atoms with Gasteiger partial charge in [0.15, 0.2) is 10.7 Å². The molecule has 5 rings (SSSR count). The summed E-state index contributed by atoms with van der Waals surface area (Å²) in [7, 11) is 0. The Labute approximate surface area is 241 Å². The highest BCUT2D eigenvalue weighted by Crippen LogP contribution is 2.32. The number of hydrogen-bond acceptors (Lipinski definition) is 8. The average molecular weight is 575 g/mol. The number of aryl methyl sites for hydroxylation is 4. The largest absolute Gasteiger partial charge is 0.365 e. The molecule has 0 unspecified atom stereocenters. The lowest BCUT2D eigenvalue weighted by atomic mass is 10.1. The maximum absolute atomic E-state index is 13.0. The molecule has 2 aliphatic heterocycles. The lowest BCUT2D eigenvalue weighted by Crippen LogP contribution is -2.34. The SMILES string of the molecule is Cc1ccc(N[C@@H]2SC(=O)N(Cc3ccc(CN4C(=O)S[C@H](Nc5ccc(C)cc5C)C4=O)cc3)C2=O)c(C)c1. The third-order valence-electron chi connectivity index (χ3n) is 6.90. The number of benzene rings is 3. The molecule has 10 heteroatoms. The molecule has 3 aromatic rings. The van der Waals surface area contributed by atoms with E-state index in [9.17, 15) is 19.2 Å².